The number of cyclic esters (lactones) is 1. The number of hydrogen-bond acceptors (Lipinski definition) is 7. The summed E-state index contributed by atoms with van der Waals surface area (Å²) in [7, 11) is 0. The van der Waals surface area contributed by atoms with Gasteiger partial charge in [0.1, 0.15) is 23.2 Å². The van der Waals surface area contributed by atoms with E-state index in [1.54, 1.807) is 13.0 Å². The summed E-state index contributed by atoms with van der Waals surface area (Å²) < 4.78 is 12.0. The number of carbonyl (C=O) groups is 5. The quantitative estimate of drug-likeness (QED) is 0.153. The zero-order chi connectivity index (χ0) is 34.7. The molecule has 8 nitrogen and oxygen atoms in total. The van der Waals surface area contributed by atoms with Crippen molar-refractivity contribution in [3.63, 3.8) is 0 Å². The Balaban J connectivity index is 1.81. The van der Waals surface area contributed by atoms with E-state index in [1.807, 2.05) is 44.2 Å². The van der Waals surface area contributed by atoms with Gasteiger partial charge in [-0.25, -0.2) is 4.79 Å². The Bertz CT molecular complexity index is 1260. The van der Waals surface area contributed by atoms with Gasteiger partial charge in [0.15, 0.2) is 0 Å². The van der Waals surface area contributed by atoms with E-state index in [-0.39, 0.29) is 43.0 Å². The van der Waals surface area contributed by atoms with Crippen LogP contribution in [0.5, 0.6) is 0 Å². The molecule has 0 aromatic heterocycles. The lowest BCUT2D eigenvalue weighted by atomic mass is 9.60. The van der Waals surface area contributed by atoms with E-state index in [0.29, 0.717) is 32.1 Å². The Morgan fingerprint density at radius 3 is 2.17 bits per heavy atom. The third kappa shape index (κ3) is 10.2. The number of hydrogen-bond donors (Lipinski definition) is 0. The first kappa shape index (κ1) is 38.3. The molecule has 3 heterocycles. The third-order valence-corrected chi connectivity index (χ3v) is 10.9. The van der Waals surface area contributed by atoms with Crippen LogP contribution in [0.3, 0.4) is 0 Å². The Morgan fingerprint density at radius 1 is 0.745 bits per heavy atom. The van der Waals surface area contributed by atoms with Crippen molar-refractivity contribution in [1.82, 2.24) is 4.90 Å². The number of ether oxygens (including phenoxy) is 2. The second-order valence-electron chi connectivity index (χ2n) is 14.7. The molecular formula is C39H57NO7. The number of piperidine rings is 1. The molecular weight excluding hydrogens is 594 g/mol. The zero-order valence-corrected chi connectivity index (χ0v) is 29.6. The Labute approximate surface area is 282 Å². The number of esters is 1. The number of fused-ring (bicyclic) bond motifs is 3. The lowest BCUT2D eigenvalue weighted by Crippen LogP contribution is -2.70. The summed E-state index contributed by atoms with van der Waals surface area (Å²) in [6, 6.07) is -0.955. The average molecular weight is 652 g/mol. The topological polar surface area (TPSA) is 107 Å². The molecule has 3 aliphatic rings. The lowest BCUT2D eigenvalue weighted by molar-refractivity contribution is -0.187. The third-order valence-electron chi connectivity index (χ3n) is 10.9. The fourth-order valence-corrected chi connectivity index (χ4v) is 6.84. The summed E-state index contributed by atoms with van der Waals surface area (Å²) in [4.78, 5) is 67.9. The summed E-state index contributed by atoms with van der Waals surface area (Å²) >= 11 is 0. The molecule has 3 rings (SSSR count). The summed E-state index contributed by atoms with van der Waals surface area (Å²) in [6.45, 7) is 11.6. The summed E-state index contributed by atoms with van der Waals surface area (Å²) in [5.41, 5.74) is -2.53. The normalized spacial score (nSPS) is 33.7. The SMILES string of the molecule is CC1CC2C(=O)OCCC(=O)C/C=C\CCC(=O)CCC/C=C/C=C/C=C/CCC3CCCC(C)(O3)C(=O)C(=O)N2C(C)(C)C1(C)C. The highest BCUT2D eigenvalue weighted by Crippen LogP contribution is 2.50. The van der Waals surface area contributed by atoms with E-state index in [9.17, 15) is 24.0 Å². The first-order chi connectivity index (χ1) is 22.2. The molecule has 4 unspecified atom stereocenters. The van der Waals surface area contributed by atoms with Crippen LogP contribution in [-0.4, -0.2) is 64.0 Å². The van der Waals surface area contributed by atoms with Gasteiger partial charge in [0, 0.05) is 31.2 Å². The van der Waals surface area contributed by atoms with E-state index in [4.69, 9.17) is 9.47 Å². The Kier molecular flexibility index (Phi) is 14.1. The summed E-state index contributed by atoms with van der Waals surface area (Å²) in [5.74, 6) is -1.77. The minimum absolute atomic E-state index is 0.0459. The highest BCUT2D eigenvalue weighted by Gasteiger charge is 2.58. The molecule has 2 fully saturated rings. The Hall–Kier alpha value is -3.13. The van der Waals surface area contributed by atoms with E-state index >= 15 is 0 Å². The number of nitrogens with zero attached hydrogens (tertiary/aromatic N) is 1. The fraction of sp³-hybridized carbons (Fsp3) is 0.667. The molecule has 0 aliphatic carbocycles. The molecule has 0 radical (unpaired) electrons. The fourth-order valence-electron chi connectivity index (χ4n) is 6.84. The maximum Gasteiger partial charge on any atom is 0.328 e. The molecule has 0 aromatic rings. The largest absolute Gasteiger partial charge is 0.464 e. The average Bonchev–Trinajstić information content (AvgIpc) is 3.01. The van der Waals surface area contributed by atoms with E-state index in [0.717, 1.165) is 38.5 Å². The Morgan fingerprint density at radius 2 is 1.45 bits per heavy atom. The smallest absolute Gasteiger partial charge is 0.328 e. The second kappa shape index (κ2) is 17.3. The van der Waals surface area contributed by atoms with Gasteiger partial charge >= 0.3 is 5.97 Å². The highest BCUT2D eigenvalue weighted by molar-refractivity contribution is 6.39. The molecule has 4 atom stereocenters. The van der Waals surface area contributed by atoms with Crippen molar-refractivity contribution < 1.29 is 33.4 Å². The van der Waals surface area contributed by atoms with Gasteiger partial charge in [-0.1, -0.05) is 69.4 Å². The number of ketones is 3. The number of allylic oxidation sites excluding steroid dienone is 8. The monoisotopic (exact) mass is 651 g/mol. The molecule has 0 N–H and O–H groups in total. The molecule has 0 saturated carbocycles. The first-order valence-electron chi connectivity index (χ1n) is 17.6. The van der Waals surface area contributed by atoms with Gasteiger partial charge in [-0.3, -0.25) is 19.2 Å². The minimum Gasteiger partial charge on any atom is -0.464 e. The van der Waals surface area contributed by atoms with Crippen molar-refractivity contribution in [3.05, 3.63) is 48.6 Å². The number of carbonyl (C=O) groups excluding carboxylic acids is 5. The van der Waals surface area contributed by atoms with Gasteiger partial charge in [0.25, 0.3) is 11.7 Å². The van der Waals surface area contributed by atoms with Crippen molar-refractivity contribution in [2.75, 3.05) is 6.61 Å². The van der Waals surface area contributed by atoms with Gasteiger partial charge < -0.3 is 14.4 Å². The predicted molar refractivity (Wildman–Crippen MR) is 183 cm³/mol. The highest BCUT2D eigenvalue weighted by atomic mass is 16.5. The lowest BCUT2D eigenvalue weighted by Gasteiger charge is -2.58. The number of amides is 1. The van der Waals surface area contributed by atoms with Gasteiger partial charge in [-0.05, 0) is 89.9 Å². The van der Waals surface area contributed by atoms with Gasteiger partial charge in [0.05, 0.1) is 12.7 Å². The number of Topliss-reactive ketones (excluding diaryl/α,β-unsaturated/α-hetero) is 3. The van der Waals surface area contributed by atoms with Crippen molar-refractivity contribution in [2.45, 2.75) is 148 Å². The second-order valence-corrected chi connectivity index (χ2v) is 14.7. The van der Waals surface area contributed by atoms with Crippen LogP contribution in [-0.2, 0) is 33.4 Å². The molecule has 1 amide bonds. The molecule has 3 aliphatic heterocycles. The molecule has 0 aromatic carbocycles. The van der Waals surface area contributed by atoms with Crippen LogP contribution in [0, 0.1) is 11.3 Å². The maximum absolute atomic E-state index is 14.2. The van der Waals surface area contributed by atoms with Crippen LogP contribution in [0.25, 0.3) is 0 Å². The van der Waals surface area contributed by atoms with Crippen molar-refractivity contribution in [2.24, 2.45) is 11.3 Å². The summed E-state index contributed by atoms with van der Waals surface area (Å²) in [5, 5.41) is 0. The molecule has 260 valence electrons. The van der Waals surface area contributed by atoms with Crippen LogP contribution in [0.15, 0.2) is 48.6 Å². The minimum atomic E-state index is -1.28. The molecule has 0 spiro atoms. The molecule has 2 saturated heterocycles. The van der Waals surface area contributed by atoms with E-state index in [1.165, 1.54) is 4.90 Å². The van der Waals surface area contributed by atoms with Crippen LogP contribution in [0.2, 0.25) is 0 Å². The standard InChI is InChI=1S/C39H57NO7/c1-29-28-33-36(45)46-27-25-31(42)22-17-14-16-21-30(41)20-15-12-10-8-7-9-11-13-18-23-32-24-19-26-39(6,47-32)34(43)35(44)40(33)38(4,5)37(29,2)3/h7-11,13-14,17,29,32-33H,12,15-16,18-28H2,1-6H3/b9-7+,10-8+,13-11+,17-14-. The van der Waals surface area contributed by atoms with Crippen molar-refractivity contribution >= 4 is 29.2 Å². The van der Waals surface area contributed by atoms with E-state index in [2.05, 4.69) is 32.9 Å². The van der Waals surface area contributed by atoms with Crippen LogP contribution < -0.4 is 0 Å². The molecule has 47 heavy (non-hydrogen) atoms. The van der Waals surface area contributed by atoms with Crippen LogP contribution >= 0.6 is 0 Å². The van der Waals surface area contributed by atoms with Gasteiger partial charge in [-0.2, -0.15) is 0 Å². The molecule has 2 bridgehead atoms. The van der Waals surface area contributed by atoms with Crippen molar-refractivity contribution in [1.29, 1.82) is 0 Å². The van der Waals surface area contributed by atoms with E-state index < -0.39 is 40.3 Å². The number of rotatable bonds is 0. The van der Waals surface area contributed by atoms with Gasteiger partial charge in [0.2, 0.25) is 0 Å². The molecule has 8 heteroatoms. The first-order valence-corrected chi connectivity index (χ1v) is 17.6. The van der Waals surface area contributed by atoms with Gasteiger partial charge in [-0.15, -0.1) is 0 Å². The van der Waals surface area contributed by atoms with Crippen molar-refractivity contribution in [3.8, 4) is 0 Å². The van der Waals surface area contributed by atoms with Crippen LogP contribution in [0.4, 0.5) is 0 Å². The predicted octanol–water partition coefficient (Wildman–Crippen LogP) is 7.36. The van der Waals surface area contributed by atoms with Crippen LogP contribution in [0.1, 0.15) is 125 Å². The maximum atomic E-state index is 14.2. The summed E-state index contributed by atoms with van der Waals surface area (Å²) in [6.07, 6.45) is 22.8. The zero-order valence-electron chi connectivity index (χ0n) is 29.6.